The summed E-state index contributed by atoms with van der Waals surface area (Å²) in [6, 6.07) is 5.11. The average molecular weight is 297 g/mol. The van der Waals surface area contributed by atoms with Crippen molar-refractivity contribution >= 4 is 23.6 Å². The number of carbonyl (C=O) groups excluding carboxylic acids is 4. The second kappa shape index (κ2) is 5.07. The van der Waals surface area contributed by atoms with E-state index in [0.29, 0.717) is 6.42 Å². The van der Waals surface area contributed by atoms with E-state index in [1.807, 2.05) is 6.07 Å². The molecule has 2 heterocycles. The Hall–Kier alpha value is -3.01. The summed E-state index contributed by atoms with van der Waals surface area (Å²) < 4.78 is 0. The summed E-state index contributed by atoms with van der Waals surface area (Å²) in [5.41, 5.74) is 0.557. The van der Waals surface area contributed by atoms with Crippen molar-refractivity contribution in [2.24, 2.45) is 0 Å². The number of hydrogen-bond acceptors (Lipinski definition) is 5. The van der Waals surface area contributed by atoms with Crippen LogP contribution in [0, 0.1) is 11.3 Å². The van der Waals surface area contributed by atoms with Crippen LogP contribution in [0.2, 0.25) is 0 Å². The molecule has 0 aromatic heterocycles. The van der Waals surface area contributed by atoms with Gasteiger partial charge in [-0.3, -0.25) is 29.4 Å². The lowest BCUT2D eigenvalue weighted by atomic mass is 10.1. The van der Waals surface area contributed by atoms with Crippen molar-refractivity contribution in [3.8, 4) is 6.07 Å². The van der Waals surface area contributed by atoms with Gasteiger partial charge in [-0.05, 0) is 31.0 Å². The molecule has 3 rings (SSSR count). The van der Waals surface area contributed by atoms with Gasteiger partial charge in [0, 0.05) is 6.42 Å². The summed E-state index contributed by atoms with van der Waals surface area (Å²) in [5.74, 6) is -2.22. The van der Waals surface area contributed by atoms with Gasteiger partial charge in [0.2, 0.25) is 11.8 Å². The summed E-state index contributed by atoms with van der Waals surface area (Å²) in [4.78, 5) is 49.1. The van der Waals surface area contributed by atoms with Crippen LogP contribution in [0.5, 0.6) is 0 Å². The number of benzene rings is 1. The first-order valence-electron chi connectivity index (χ1n) is 6.78. The van der Waals surface area contributed by atoms with Crippen LogP contribution in [0.25, 0.3) is 0 Å². The number of fused-ring (bicyclic) bond motifs is 1. The van der Waals surface area contributed by atoms with Crippen molar-refractivity contribution in [2.45, 2.75) is 25.3 Å². The maximum absolute atomic E-state index is 12.4. The molecule has 1 aromatic carbocycles. The van der Waals surface area contributed by atoms with E-state index >= 15 is 0 Å². The zero-order valence-corrected chi connectivity index (χ0v) is 11.5. The summed E-state index contributed by atoms with van der Waals surface area (Å²) in [5, 5.41) is 11.1. The molecule has 4 amide bonds. The van der Waals surface area contributed by atoms with E-state index in [1.165, 1.54) is 18.2 Å². The third kappa shape index (κ3) is 2.05. The molecule has 1 N–H and O–H groups in total. The number of nitriles is 1. The van der Waals surface area contributed by atoms with Crippen LogP contribution in [0.15, 0.2) is 18.2 Å². The molecular weight excluding hydrogens is 286 g/mol. The zero-order valence-electron chi connectivity index (χ0n) is 11.5. The summed E-state index contributed by atoms with van der Waals surface area (Å²) in [6.45, 7) is 0. The zero-order chi connectivity index (χ0) is 15.9. The lowest BCUT2D eigenvalue weighted by Crippen LogP contribution is -2.49. The Kier molecular flexibility index (Phi) is 3.22. The minimum Gasteiger partial charge on any atom is -0.295 e. The molecule has 0 radical (unpaired) electrons. The third-order valence-electron chi connectivity index (χ3n) is 3.81. The Morgan fingerprint density at radius 2 is 1.86 bits per heavy atom. The number of amides is 4. The minimum atomic E-state index is -0.996. The largest absolute Gasteiger partial charge is 0.295 e. The van der Waals surface area contributed by atoms with Gasteiger partial charge in [0.25, 0.3) is 11.8 Å². The van der Waals surface area contributed by atoms with Crippen LogP contribution in [0.4, 0.5) is 0 Å². The molecular formula is C15H11N3O4. The van der Waals surface area contributed by atoms with Gasteiger partial charge in [-0.2, -0.15) is 5.26 Å². The second-order valence-electron chi connectivity index (χ2n) is 5.17. The SMILES string of the molecule is N#Cc1ccc2c(c1)C(=O)N(C1CCCC(=O)NC1=O)C2=O. The molecule has 1 fully saturated rings. The fourth-order valence-corrected chi connectivity index (χ4v) is 2.73. The van der Waals surface area contributed by atoms with Gasteiger partial charge < -0.3 is 0 Å². The summed E-state index contributed by atoms with van der Waals surface area (Å²) >= 11 is 0. The number of nitrogens with one attached hydrogen (secondary N) is 1. The van der Waals surface area contributed by atoms with Gasteiger partial charge in [0.1, 0.15) is 6.04 Å². The van der Waals surface area contributed by atoms with Crippen molar-refractivity contribution in [1.82, 2.24) is 10.2 Å². The molecule has 7 heteroatoms. The predicted octanol–water partition coefficient (Wildman–Crippen LogP) is 0.350. The highest BCUT2D eigenvalue weighted by Gasteiger charge is 2.43. The van der Waals surface area contributed by atoms with E-state index in [9.17, 15) is 19.2 Å². The number of carbonyl (C=O) groups is 4. The Bertz CT molecular complexity index is 763. The van der Waals surface area contributed by atoms with Crippen LogP contribution < -0.4 is 5.32 Å². The van der Waals surface area contributed by atoms with E-state index in [-0.39, 0.29) is 29.5 Å². The monoisotopic (exact) mass is 297 g/mol. The first-order valence-corrected chi connectivity index (χ1v) is 6.78. The van der Waals surface area contributed by atoms with Crippen LogP contribution >= 0.6 is 0 Å². The molecule has 1 atom stereocenters. The maximum Gasteiger partial charge on any atom is 0.262 e. The molecule has 110 valence electrons. The van der Waals surface area contributed by atoms with E-state index in [0.717, 1.165) is 4.90 Å². The first-order chi connectivity index (χ1) is 10.5. The number of hydrogen-bond donors (Lipinski definition) is 1. The first kappa shape index (κ1) is 13.9. The predicted molar refractivity (Wildman–Crippen MR) is 72.4 cm³/mol. The Morgan fingerprint density at radius 3 is 2.59 bits per heavy atom. The number of nitrogens with zero attached hydrogens (tertiary/aromatic N) is 2. The topological polar surface area (TPSA) is 107 Å². The highest BCUT2D eigenvalue weighted by Crippen LogP contribution is 2.28. The highest BCUT2D eigenvalue weighted by atomic mass is 16.2. The van der Waals surface area contributed by atoms with Gasteiger partial charge >= 0.3 is 0 Å². The molecule has 1 aromatic rings. The van der Waals surface area contributed by atoms with Gasteiger partial charge in [-0.25, -0.2) is 0 Å². The second-order valence-corrected chi connectivity index (χ2v) is 5.17. The molecule has 2 aliphatic rings. The normalized spacial score (nSPS) is 21.2. The van der Waals surface area contributed by atoms with Gasteiger partial charge in [0.15, 0.2) is 0 Å². The maximum atomic E-state index is 12.4. The van der Waals surface area contributed by atoms with Crippen molar-refractivity contribution in [3.05, 3.63) is 34.9 Å². The third-order valence-corrected chi connectivity index (χ3v) is 3.81. The Labute approximate surface area is 125 Å². The molecule has 2 aliphatic heterocycles. The lowest BCUT2D eigenvalue weighted by molar-refractivity contribution is -0.131. The minimum absolute atomic E-state index is 0.118. The molecule has 22 heavy (non-hydrogen) atoms. The van der Waals surface area contributed by atoms with Crippen molar-refractivity contribution in [3.63, 3.8) is 0 Å². The molecule has 0 bridgehead atoms. The lowest BCUT2D eigenvalue weighted by Gasteiger charge is -2.22. The smallest absolute Gasteiger partial charge is 0.262 e. The van der Waals surface area contributed by atoms with Crippen molar-refractivity contribution in [1.29, 1.82) is 5.26 Å². The molecule has 0 saturated carbocycles. The van der Waals surface area contributed by atoms with Gasteiger partial charge in [-0.1, -0.05) is 0 Å². The van der Waals surface area contributed by atoms with Crippen molar-refractivity contribution < 1.29 is 19.2 Å². The standard InChI is InChI=1S/C15H11N3O4/c16-7-8-4-5-9-10(6-8)15(22)18(14(9)21)11-2-1-3-12(19)17-13(11)20/h4-6,11H,1-3H2,(H,17,19,20). The van der Waals surface area contributed by atoms with Crippen LogP contribution in [-0.4, -0.2) is 34.6 Å². The average Bonchev–Trinajstić information content (AvgIpc) is 2.63. The quantitative estimate of drug-likeness (QED) is 0.752. The van der Waals surface area contributed by atoms with Crippen LogP contribution in [-0.2, 0) is 9.59 Å². The number of rotatable bonds is 1. The van der Waals surface area contributed by atoms with Crippen molar-refractivity contribution in [2.75, 3.05) is 0 Å². The summed E-state index contributed by atoms with van der Waals surface area (Å²) in [6.07, 6.45) is 0.844. The Balaban J connectivity index is 1.98. The van der Waals surface area contributed by atoms with Crippen LogP contribution in [0.3, 0.4) is 0 Å². The van der Waals surface area contributed by atoms with E-state index in [1.54, 1.807) is 0 Å². The van der Waals surface area contributed by atoms with E-state index < -0.39 is 29.7 Å². The molecule has 0 aliphatic carbocycles. The summed E-state index contributed by atoms with van der Waals surface area (Å²) in [7, 11) is 0. The Morgan fingerprint density at radius 1 is 1.14 bits per heavy atom. The molecule has 7 nitrogen and oxygen atoms in total. The fourth-order valence-electron chi connectivity index (χ4n) is 2.73. The highest BCUT2D eigenvalue weighted by molar-refractivity contribution is 6.23. The van der Waals surface area contributed by atoms with Gasteiger partial charge in [-0.15, -0.1) is 0 Å². The molecule has 0 spiro atoms. The fraction of sp³-hybridized carbons (Fsp3) is 0.267. The van der Waals surface area contributed by atoms with Crippen LogP contribution in [0.1, 0.15) is 45.5 Å². The van der Waals surface area contributed by atoms with Gasteiger partial charge in [0.05, 0.1) is 22.8 Å². The van der Waals surface area contributed by atoms with E-state index in [2.05, 4.69) is 5.32 Å². The number of imide groups is 2. The van der Waals surface area contributed by atoms with E-state index in [4.69, 9.17) is 5.26 Å². The molecule has 1 saturated heterocycles. The molecule has 1 unspecified atom stereocenters.